The number of rotatable bonds is 4. The standard InChI is InChI=1S/C19H21BrN4O3S/c1-11-21-19-24(22-11)17(25)16(28-19)15(13-4-3-5-14(20)10-13)23-8-6-12(7-9-23)18(26)27-2/h3-5,10,12,15-16H,6-9H2,1-2H3. The van der Waals surface area contributed by atoms with E-state index in [1.54, 1.807) is 6.92 Å². The molecule has 1 aromatic carbocycles. The molecular weight excluding hydrogens is 444 g/mol. The molecule has 0 amide bonds. The number of methoxy groups -OCH3 is 1. The smallest absolute Gasteiger partial charge is 0.308 e. The number of likely N-dealkylation sites (tertiary alicyclic amines) is 1. The predicted molar refractivity (Wildman–Crippen MR) is 108 cm³/mol. The van der Waals surface area contributed by atoms with E-state index in [1.807, 2.05) is 12.1 Å². The second-order valence-electron chi connectivity index (χ2n) is 7.06. The van der Waals surface area contributed by atoms with E-state index in [0.717, 1.165) is 36.0 Å². The van der Waals surface area contributed by atoms with Crippen LogP contribution in [0.15, 0.2) is 33.9 Å². The number of halogens is 1. The first-order valence-electron chi connectivity index (χ1n) is 9.20. The maximum Gasteiger partial charge on any atom is 0.308 e. The van der Waals surface area contributed by atoms with E-state index in [9.17, 15) is 9.59 Å². The summed E-state index contributed by atoms with van der Waals surface area (Å²) in [6.45, 7) is 3.25. The van der Waals surface area contributed by atoms with Crippen LogP contribution in [-0.4, -0.2) is 57.0 Å². The molecule has 9 heteroatoms. The van der Waals surface area contributed by atoms with Crippen molar-refractivity contribution in [2.24, 2.45) is 5.92 Å². The van der Waals surface area contributed by atoms with E-state index in [4.69, 9.17) is 4.74 Å². The van der Waals surface area contributed by atoms with Gasteiger partial charge in [-0.3, -0.25) is 14.5 Å². The van der Waals surface area contributed by atoms with Gasteiger partial charge in [0.2, 0.25) is 0 Å². The minimum atomic E-state index is -0.320. The Balaban J connectivity index is 1.62. The summed E-state index contributed by atoms with van der Waals surface area (Å²) in [5.41, 5.74) is 1.07. The highest BCUT2D eigenvalue weighted by atomic mass is 79.9. The van der Waals surface area contributed by atoms with Gasteiger partial charge in [-0.2, -0.15) is 4.68 Å². The lowest BCUT2D eigenvalue weighted by molar-refractivity contribution is -0.147. The summed E-state index contributed by atoms with van der Waals surface area (Å²) >= 11 is 5.02. The molecule has 4 rings (SSSR count). The number of ether oxygens (including phenoxy) is 1. The van der Waals surface area contributed by atoms with Crippen molar-refractivity contribution in [2.45, 2.75) is 36.2 Å². The average molecular weight is 465 g/mol. The van der Waals surface area contributed by atoms with Gasteiger partial charge in [-0.25, -0.2) is 4.98 Å². The fraction of sp³-hybridized carbons (Fsp3) is 0.474. The van der Waals surface area contributed by atoms with E-state index in [1.165, 1.54) is 23.6 Å². The third-order valence-corrected chi connectivity index (χ3v) is 6.98. The molecule has 2 unspecified atom stereocenters. The summed E-state index contributed by atoms with van der Waals surface area (Å²) in [6.07, 6.45) is 1.45. The monoisotopic (exact) mass is 464 g/mol. The van der Waals surface area contributed by atoms with Crippen LogP contribution in [0, 0.1) is 12.8 Å². The Bertz CT molecular complexity index is 910. The summed E-state index contributed by atoms with van der Waals surface area (Å²) in [5, 5.41) is 4.58. The van der Waals surface area contributed by atoms with E-state index >= 15 is 0 Å². The maximum atomic E-state index is 13.1. The Morgan fingerprint density at radius 1 is 1.36 bits per heavy atom. The first-order chi connectivity index (χ1) is 13.5. The van der Waals surface area contributed by atoms with Crippen molar-refractivity contribution < 1.29 is 14.3 Å². The zero-order valence-corrected chi connectivity index (χ0v) is 18.1. The highest BCUT2D eigenvalue weighted by Crippen LogP contribution is 2.42. The van der Waals surface area contributed by atoms with E-state index < -0.39 is 0 Å². The number of piperidine rings is 1. The molecule has 0 N–H and O–H groups in total. The van der Waals surface area contributed by atoms with E-state index in [-0.39, 0.29) is 29.1 Å². The molecule has 28 heavy (non-hydrogen) atoms. The van der Waals surface area contributed by atoms with Crippen molar-refractivity contribution in [1.82, 2.24) is 19.7 Å². The van der Waals surface area contributed by atoms with Gasteiger partial charge in [-0.15, -0.1) is 5.10 Å². The zero-order chi connectivity index (χ0) is 19.8. The molecule has 3 heterocycles. The number of aryl methyl sites for hydroxylation is 1. The molecule has 1 saturated heterocycles. The first-order valence-corrected chi connectivity index (χ1v) is 10.9. The molecule has 0 radical (unpaired) electrons. The quantitative estimate of drug-likeness (QED) is 0.643. The molecule has 1 fully saturated rings. The average Bonchev–Trinajstić information content (AvgIpc) is 3.19. The van der Waals surface area contributed by atoms with Crippen LogP contribution in [0.3, 0.4) is 0 Å². The molecule has 0 saturated carbocycles. The lowest BCUT2D eigenvalue weighted by Gasteiger charge is -2.38. The van der Waals surface area contributed by atoms with Gasteiger partial charge in [0, 0.05) is 4.47 Å². The van der Waals surface area contributed by atoms with Gasteiger partial charge in [-0.1, -0.05) is 39.8 Å². The first kappa shape index (κ1) is 19.6. The van der Waals surface area contributed by atoms with Crippen LogP contribution < -0.4 is 0 Å². The largest absolute Gasteiger partial charge is 0.469 e. The summed E-state index contributed by atoms with van der Waals surface area (Å²) < 4.78 is 7.31. The van der Waals surface area contributed by atoms with Gasteiger partial charge < -0.3 is 4.74 Å². The fourth-order valence-electron chi connectivity index (χ4n) is 3.95. The van der Waals surface area contributed by atoms with Crippen LogP contribution in [0.25, 0.3) is 0 Å². The molecule has 0 spiro atoms. The molecule has 2 aliphatic rings. The molecule has 2 atom stereocenters. The number of aromatic nitrogens is 3. The summed E-state index contributed by atoms with van der Waals surface area (Å²) in [6, 6.07) is 7.96. The normalized spacial score (nSPS) is 21.5. The van der Waals surface area contributed by atoms with Crippen molar-refractivity contribution in [1.29, 1.82) is 0 Å². The summed E-state index contributed by atoms with van der Waals surface area (Å²) in [7, 11) is 1.43. The van der Waals surface area contributed by atoms with Gasteiger partial charge in [-0.05, 0) is 50.6 Å². The Labute approximate surface area is 176 Å². The molecule has 1 aromatic heterocycles. The van der Waals surface area contributed by atoms with Crippen LogP contribution in [0.4, 0.5) is 0 Å². The number of carbonyl (C=O) groups excluding carboxylic acids is 2. The molecule has 0 aliphatic carbocycles. The SMILES string of the molecule is COC(=O)C1CCN(C(c2cccc(Br)c2)C2Sc3nc(C)nn3C2=O)CC1. The van der Waals surface area contributed by atoms with Gasteiger partial charge >= 0.3 is 5.97 Å². The number of hydrogen-bond donors (Lipinski definition) is 0. The Kier molecular flexibility index (Phi) is 5.57. The third-order valence-electron chi connectivity index (χ3n) is 5.30. The second kappa shape index (κ2) is 7.96. The van der Waals surface area contributed by atoms with Gasteiger partial charge in [0.25, 0.3) is 5.91 Å². The van der Waals surface area contributed by atoms with Crippen molar-refractivity contribution in [2.75, 3.05) is 20.2 Å². The van der Waals surface area contributed by atoms with Crippen molar-refractivity contribution in [3.8, 4) is 0 Å². The minimum absolute atomic E-state index is 0.0410. The van der Waals surface area contributed by atoms with E-state index in [0.29, 0.717) is 11.0 Å². The lowest BCUT2D eigenvalue weighted by atomic mass is 9.93. The topological polar surface area (TPSA) is 77.3 Å². The van der Waals surface area contributed by atoms with Crippen molar-refractivity contribution >= 4 is 39.6 Å². The summed E-state index contributed by atoms with van der Waals surface area (Å²) in [4.78, 5) is 31.7. The van der Waals surface area contributed by atoms with E-state index in [2.05, 4.69) is 43.0 Å². The number of fused-ring (bicyclic) bond motifs is 1. The van der Waals surface area contributed by atoms with Crippen molar-refractivity contribution in [3.63, 3.8) is 0 Å². The lowest BCUT2D eigenvalue weighted by Crippen LogP contribution is -2.44. The number of hydrogen-bond acceptors (Lipinski definition) is 7. The Morgan fingerprint density at radius 3 is 2.75 bits per heavy atom. The maximum absolute atomic E-state index is 13.1. The third kappa shape index (κ3) is 3.62. The highest BCUT2D eigenvalue weighted by Gasteiger charge is 2.44. The van der Waals surface area contributed by atoms with Crippen molar-refractivity contribution in [3.05, 3.63) is 40.1 Å². The molecule has 7 nitrogen and oxygen atoms in total. The van der Waals surface area contributed by atoms with Gasteiger partial charge in [0.15, 0.2) is 5.16 Å². The minimum Gasteiger partial charge on any atom is -0.469 e. The second-order valence-corrected chi connectivity index (χ2v) is 9.09. The Morgan fingerprint density at radius 2 is 2.11 bits per heavy atom. The number of thioether (sulfide) groups is 1. The van der Waals surface area contributed by atoms with Crippen LogP contribution in [-0.2, 0) is 9.53 Å². The van der Waals surface area contributed by atoms with Crippen LogP contribution in [0.2, 0.25) is 0 Å². The zero-order valence-electron chi connectivity index (χ0n) is 15.7. The van der Waals surface area contributed by atoms with Crippen LogP contribution >= 0.6 is 27.7 Å². The summed E-state index contributed by atoms with van der Waals surface area (Å²) in [5.74, 6) is 0.341. The number of benzene rings is 1. The molecular formula is C19H21BrN4O3S. The number of carbonyl (C=O) groups is 2. The highest BCUT2D eigenvalue weighted by molar-refractivity contribution is 9.10. The number of esters is 1. The Hall–Kier alpha value is -1.71. The predicted octanol–water partition coefficient (Wildman–Crippen LogP) is 3.09. The molecule has 2 aromatic rings. The molecule has 0 bridgehead atoms. The number of nitrogens with zero attached hydrogens (tertiary/aromatic N) is 4. The molecule has 2 aliphatic heterocycles. The fourth-order valence-corrected chi connectivity index (χ4v) is 5.67. The molecule has 148 valence electrons. The van der Waals surface area contributed by atoms with Gasteiger partial charge in [0.05, 0.1) is 19.1 Å². The van der Waals surface area contributed by atoms with Crippen LogP contribution in [0.1, 0.15) is 35.1 Å². The van der Waals surface area contributed by atoms with Crippen LogP contribution in [0.5, 0.6) is 0 Å². The van der Waals surface area contributed by atoms with Gasteiger partial charge in [0.1, 0.15) is 11.1 Å².